The van der Waals surface area contributed by atoms with Gasteiger partial charge in [-0.05, 0) is 68.4 Å². The highest BCUT2D eigenvalue weighted by atomic mass is 16.5. The Hall–Kier alpha value is -3.64. The molecule has 3 aromatic carbocycles. The predicted octanol–water partition coefficient (Wildman–Crippen LogP) is 5.09. The molecule has 0 atom stereocenters. The van der Waals surface area contributed by atoms with Crippen molar-refractivity contribution in [3.63, 3.8) is 0 Å². The molecule has 0 radical (unpaired) electrons. The van der Waals surface area contributed by atoms with Crippen molar-refractivity contribution < 1.29 is 9.53 Å². The highest BCUT2D eigenvalue weighted by Gasteiger charge is 2.25. The van der Waals surface area contributed by atoms with Crippen LogP contribution in [0.25, 0.3) is 22.4 Å². The minimum Gasteiger partial charge on any atom is -0.496 e. The predicted molar refractivity (Wildman–Crippen MR) is 131 cm³/mol. The number of hydrogen-bond acceptors (Lipinski definition) is 4. The number of carbonyl (C=O) groups is 1. The molecule has 0 saturated carbocycles. The van der Waals surface area contributed by atoms with Gasteiger partial charge in [0, 0.05) is 29.3 Å². The van der Waals surface area contributed by atoms with Crippen LogP contribution in [0.3, 0.4) is 0 Å². The average Bonchev–Trinajstić information content (AvgIpc) is 3.30. The Labute approximate surface area is 193 Å². The van der Waals surface area contributed by atoms with Gasteiger partial charge in [-0.25, -0.2) is 4.98 Å². The van der Waals surface area contributed by atoms with Crippen molar-refractivity contribution in [1.82, 2.24) is 14.9 Å². The van der Waals surface area contributed by atoms with E-state index in [9.17, 15) is 4.79 Å². The number of rotatable bonds is 6. The topological polar surface area (TPSA) is 70.2 Å². The lowest BCUT2D eigenvalue weighted by atomic mass is 9.95. The van der Waals surface area contributed by atoms with Gasteiger partial charge >= 0.3 is 0 Å². The van der Waals surface area contributed by atoms with Crippen LogP contribution in [-0.4, -0.2) is 41.0 Å². The minimum absolute atomic E-state index is 0.0361. The van der Waals surface area contributed by atoms with Crippen molar-refractivity contribution in [1.29, 1.82) is 0 Å². The molecule has 1 aromatic heterocycles. The normalized spacial score (nSPS) is 14.9. The fraction of sp³-hybridized carbons (Fsp3) is 0.259. The molecule has 1 amide bonds. The summed E-state index contributed by atoms with van der Waals surface area (Å²) in [4.78, 5) is 23.2. The molecule has 168 valence electrons. The summed E-state index contributed by atoms with van der Waals surface area (Å²) in [7, 11) is 1.71. The van der Waals surface area contributed by atoms with Crippen molar-refractivity contribution in [3.05, 3.63) is 78.4 Å². The van der Waals surface area contributed by atoms with E-state index in [1.807, 2.05) is 66.7 Å². The van der Waals surface area contributed by atoms with Crippen molar-refractivity contribution in [2.24, 2.45) is 5.92 Å². The summed E-state index contributed by atoms with van der Waals surface area (Å²) in [6.45, 7) is 2.66. The Kier molecular flexibility index (Phi) is 6.09. The number of nitrogens with zero attached hydrogens (tertiary/aromatic N) is 2. The summed E-state index contributed by atoms with van der Waals surface area (Å²) in [5, 5.41) is 3.09. The number of methoxy groups -OCH3 is 1. The molecule has 2 N–H and O–H groups in total. The maximum Gasteiger partial charge on any atom is 0.227 e. The van der Waals surface area contributed by atoms with E-state index < -0.39 is 0 Å². The van der Waals surface area contributed by atoms with Crippen LogP contribution in [0.5, 0.6) is 5.75 Å². The molecule has 1 saturated heterocycles. The first kappa shape index (κ1) is 21.2. The van der Waals surface area contributed by atoms with E-state index in [2.05, 4.69) is 26.3 Å². The van der Waals surface area contributed by atoms with Gasteiger partial charge in [0.1, 0.15) is 11.6 Å². The molecule has 0 unspecified atom stereocenters. The van der Waals surface area contributed by atoms with Crippen LogP contribution in [0.1, 0.15) is 18.4 Å². The van der Waals surface area contributed by atoms with Crippen molar-refractivity contribution in [2.45, 2.75) is 19.4 Å². The number of nitrogens with one attached hydrogen (secondary N) is 2. The number of benzene rings is 3. The number of anilines is 1. The Morgan fingerprint density at radius 1 is 1.03 bits per heavy atom. The fourth-order valence-electron chi connectivity index (χ4n) is 4.47. The smallest absolute Gasteiger partial charge is 0.227 e. The summed E-state index contributed by atoms with van der Waals surface area (Å²) in [6.07, 6.45) is 1.72. The number of ether oxygens (including phenoxy) is 1. The van der Waals surface area contributed by atoms with Crippen LogP contribution in [0.4, 0.5) is 5.69 Å². The van der Waals surface area contributed by atoms with Gasteiger partial charge in [0.25, 0.3) is 0 Å². The van der Waals surface area contributed by atoms with Crippen LogP contribution in [-0.2, 0) is 11.3 Å². The lowest BCUT2D eigenvalue weighted by Gasteiger charge is -2.31. The summed E-state index contributed by atoms with van der Waals surface area (Å²) in [5.74, 6) is 1.89. The molecule has 1 aliphatic rings. The second kappa shape index (κ2) is 9.46. The molecular formula is C27H28N4O2. The van der Waals surface area contributed by atoms with Crippen molar-refractivity contribution in [2.75, 3.05) is 25.5 Å². The summed E-state index contributed by atoms with van der Waals surface area (Å²) in [6, 6.07) is 24.0. The molecule has 33 heavy (non-hydrogen) atoms. The maximum atomic E-state index is 12.8. The zero-order valence-electron chi connectivity index (χ0n) is 18.8. The van der Waals surface area contributed by atoms with Crippen molar-refractivity contribution in [3.8, 4) is 17.1 Å². The van der Waals surface area contributed by atoms with Gasteiger partial charge in [0.2, 0.25) is 5.91 Å². The highest BCUT2D eigenvalue weighted by molar-refractivity contribution is 5.93. The number of amides is 1. The van der Waals surface area contributed by atoms with Gasteiger partial charge in [-0.2, -0.15) is 0 Å². The third-order valence-corrected chi connectivity index (χ3v) is 6.36. The molecule has 0 spiro atoms. The Bertz CT molecular complexity index is 1210. The number of fused-ring (bicyclic) bond motifs is 1. The number of imidazole rings is 1. The molecular weight excluding hydrogens is 412 g/mol. The van der Waals surface area contributed by atoms with Gasteiger partial charge in [-0.15, -0.1) is 0 Å². The van der Waals surface area contributed by atoms with Crippen LogP contribution in [0.15, 0.2) is 72.8 Å². The Morgan fingerprint density at radius 3 is 2.52 bits per heavy atom. The molecule has 1 fully saturated rings. The van der Waals surface area contributed by atoms with Gasteiger partial charge < -0.3 is 15.0 Å². The number of hydrogen-bond donors (Lipinski definition) is 2. The zero-order chi connectivity index (χ0) is 22.6. The second-order valence-electron chi connectivity index (χ2n) is 8.53. The van der Waals surface area contributed by atoms with E-state index in [-0.39, 0.29) is 11.8 Å². The number of piperidine rings is 1. The van der Waals surface area contributed by atoms with E-state index in [0.717, 1.165) is 66.3 Å². The molecule has 1 aliphatic heterocycles. The first-order valence-electron chi connectivity index (χ1n) is 11.4. The number of aromatic amines is 1. The van der Waals surface area contributed by atoms with Crippen molar-refractivity contribution >= 4 is 22.6 Å². The molecule has 6 heteroatoms. The van der Waals surface area contributed by atoms with Crippen LogP contribution < -0.4 is 10.1 Å². The summed E-state index contributed by atoms with van der Waals surface area (Å²) >= 11 is 0. The lowest BCUT2D eigenvalue weighted by Crippen LogP contribution is -2.37. The van der Waals surface area contributed by atoms with Gasteiger partial charge in [-0.1, -0.05) is 30.3 Å². The maximum absolute atomic E-state index is 12.8. The Morgan fingerprint density at radius 2 is 1.76 bits per heavy atom. The Balaban J connectivity index is 1.16. The zero-order valence-corrected chi connectivity index (χ0v) is 18.8. The number of likely N-dealkylation sites (tertiary alicyclic amines) is 1. The van der Waals surface area contributed by atoms with Gasteiger partial charge in [0.05, 0.1) is 18.1 Å². The monoisotopic (exact) mass is 440 g/mol. The van der Waals surface area contributed by atoms with E-state index >= 15 is 0 Å². The lowest BCUT2D eigenvalue weighted by molar-refractivity contribution is -0.121. The molecule has 4 aromatic rings. The van der Waals surface area contributed by atoms with E-state index in [1.54, 1.807) is 7.11 Å². The number of H-pyrrole nitrogens is 1. The second-order valence-corrected chi connectivity index (χ2v) is 8.53. The third-order valence-electron chi connectivity index (χ3n) is 6.36. The molecule has 2 heterocycles. The van der Waals surface area contributed by atoms with E-state index in [1.165, 1.54) is 5.56 Å². The highest BCUT2D eigenvalue weighted by Crippen LogP contribution is 2.26. The largest absolute Gasteiger partial charge is 0.496 e. The number of carbonyl (C=O) groups excluding carboxylic acids is 1. The standard InChI is InChI=1S/C27H28N4O2/c1-33-25-9-5-2-6-21(25)18-31-16-14-20(15-17-31)27(32)28-22-12-10-19(11-13-22)26-29-23-7-3-4-8-24(23)30-26/h2-13,20H,14-18H2,1H3,(H,28,32)(H,29,30). The van der Waals surface area contributed by atoms with Crippen LogP contribution in [0.2, 0.25) is 0 Å². The van der Waals surface area contributed by atoms with Crippen LogP contribution >= 0.6 is 0 Å². The minimum atomic E-state index is 0.0361. The molecule has 5 rings (SSSR count). The van der Waals surface area contributed by atoms with Gasteiger partial charge in [-0.3, -0.25) is 9.69 Å². The van der Waals surface area contributed by atoms with Crippen LogP contribution in [0, 0.1) is 5.92 Å². The first-order valence-corrected chi connectivity index (χ1v) is 11.4. The third kappa shape index (κ3) is 4.76. The molecule has 0 bridgehead atoms. The first-order chi connectivity index (χ1) is 16.2. The molecule has 6 nitrogen and oxygen atoms in total. The van der Waals surface area contributed by atoms with E-state index in [0.29, 0.717) is 0 Å². The molecule has 0 aliphatic carbocycles. The quantitative estimate of drug-likeness (QED) is 0.438. The fourth-order valence-corrected chi connectivity index (χ4v) is 4.47. The average molecular weight is 441 g/mol. The van der Waals surface area contributed by atoms with E-state index in [4.69, 9.17) is 4.74 Å². The van der Waals surface area contributed by atoms with Gasteiger partial charge in [0.15, 0.2) is 0 Å². The SMILES string of the molecule is COc1ccccc1CN1CCC(C(=O)Nc2ccc(-c3nc4ccccc4[nH]3)cc2)CC1. The number of para-hydroxylation sites is 3. The number of aromatic nitrogens is 2. The summed E-state index contributed by atoms with van der Waals surface area (Å²) in [5.41, 5.74) is 4.96. The summed E-state index contributed by atoms with van der Waals surface area (Å²) < 4.78 is 5.47.